The summed E-state index contributed by atoms with van der Waals surface area (Å²) in [7, 11) is 0. The maximum absolute atomic E-state index is 4.24. The molecule has 0 spiro atoms. The average molecular weight is 176 g/mol. The molecule has 1 aliphatic rings. The van der Waals surface area contributed by atoms with Gasteiger partial charge in [0.1, 0.15) is 5.84 Å². The summed E-state index contributed by atoms with van der Waals surface area (Å²) in [5.74, 6) is 0.912. The van der Waals surface area contributed by atoms with E-state index in [2.05, 4.69) is 10.3 Å². The first-order valence-corrected chi connectivity index (χ1v) is 4.55. The van der Waals surface area contributed by atoms with Crippen molar-refractivity contribution >= 4 is 17.2 Å². The van der Waals surface area contributed by atoms with Crippen LogP contribution < -0.4 is 5.32 Å². The molecule has 0 atom stereocenters. The fraction of sp³-hybridized carbons (Fsp3) is 0. The van der Waals surface area contributed by atoms with Gasteiger partial charge < -0.3 is 5.32 Å². The fourth-order valence-electron chi connectivity index (χ4n) is 0.935. The Morgan fingerprint density at radius 3 is 3.17 bits per heavy atom. The maximum Gasteiger partial charge on any atom is 0.147 e. The minimum atomic E-state index is 0.912. The van der Waals surface area contributed by atoms with Gasteiger partial charge in [0, 0.05) is 12.4 Å². The van der Waals surface area contributed by atoms with Crippen molar-refractivity contribution in [1.29, 1.82) is 0 Å². The van der Waals surface area contributed by atoms with Crippen molar-refractivity contribution in [3.8, 4) is 0 Å². The maximum atomic E-state index is 4.24. The summed E-state index contributed by atoms with van der Waals surface area (Å²) in [4.78, 5) is 5.40. The first-order valence-electron chi connectivity index (χ1n) is 3.67. The molecule has 0 fully saturated rings. The van der Waals surface area contributed by atoms with E-state index in [1.165, 1.54) is 0 Å². The Hall–Kier alpha value is -1.35. The van der Waals surface area contributed by atoms with Gasteiger partial charge in [0.15, 0.2) is 0 Å². The molecule has 1 aromatic heterocycles. The number of thiophene rings is 1. The van der Waals surface area contributed by atoms with Crippen molar-refractivity contribution in [2.45, 2.75) is 0 Å². The van der Waals surface area contributed by atoms with Crippen LogP contribution in [0.4, 0.5) is 0 Å². The zero-order valence-corrected chi connectivity index (χ0v) is 7.21. The average Bonchev–Trinajstić information content (AvgIpc) is 2.48. The lowest BCUT2D eigenvalue weighted by molar-refractivity contribution is 1.27. The second-order valence-corrected chi connectivity index (χ2v) is 3.25. The van der Waals surface area contributed by atoms with Crippen LogP contribution in [0.1, 0.15) is 4.88 Å². The van der Waals surface area contributed by atoms with Crippen LogP contribution in [0.2, 0.25) is 0 Å². The molecule has 0 aliphatic carbocycles. The molecule has 0 amide bonds. The number of nitrogens with one attached hydrogen (secondary N) is 1. The van der Waals surface area contributed by atoms with Gasteiger partial charge >= 0.3 is 0 Å². The Bertz CT molecular complexity index is 333. The standard InChI is InChI=1S/C9H8N2S/c1-2-6-11-9(10-5-1)8-4-3-7-12-8/h1-7H,(H,10,11). The molecule has 0 saturated carbocycles. The largest absolute Gasteiger partial charge is 0.346 e. The molecule has 2 rings (SSSR count). The summed E-state index contributed by atoms with van der Waals surface area (Å²) in [6, 6.07) is 4.06. The van der Waals surface area contributed by atoms with E-state index in [1.54, 1.807) is 17.5 Å². The first-order chi connectivity index (χ1) is 5.97. The second-order valence-electron chi connectivity index (χ2n) is 2.30. The number of aliphatic imine (C=N–C) groups is 1. The summed E-state index contributed by atoms with van der Waals surface area (Å²) in [6.07, 6.45) is 7.48. The molecule has 3 heteroatoms. The van der Waals surface area contributed by atoms with Gasteiger partial charge in [0.05, 0.1) is 4.88 Å². The molecule has 2 heterocycles. The van der Waals surface area contributed by atoms with Crippen molar-refractivity contribution in [2.24, 2.45) is 4.99 Å². The van der Waals surface area contributed by atoms with Gasteiger partial charge in [0.25, 0.3) is 0 Å². The topological polar surface area (TPSA) is 24.4 Å². The van der Waals surface area contributed by atoms with E-state index in [9.17, 15) is 0 Å². The Morgan fingerprint density at radius 2 is 2.33 bits per heavy atom. The summed E-state index contributed by atoms with van der Waals surface area (Å²) >= 11 is 1.68. The van der Waals surface area contributed by atoms with Crippen LogP contribution in [-0.4, -0.2) is 5.84 Å². The molecule has 1 N–H and O–H groups in total. The molecule has 1 aliphatic heterocycles. The second kappa shape index (κ2) is 3.36. The highest BCUT2D eigenvalue weighted by Gasteiger charge is 2.01. The van der Waals surface area contributed by atoms with Crippen molar-refractivity contribution < 1.29 is 0 Å². The first kappa shape index (κ1) is 7.31. The van der Waals surface area contributed by atoms with Gasteiger partial charge in [0.2, 0.25) is 0 Å². The molecule has 2 nitrogen and oxygen atoms in total. The molecule has 12 heavy (non-hydrogen) atoms. The summed E-state index contributed by atoms with van der Waals surface area (Å²) in [6.45, 7) is 0. The number of nitrogens with zero attached hydrogens (tertiary/aromatic N) is 1. The van der Waals surface area contributed by atoms with Gasteiger partial charge in [-0.05, 0) is 23.6 Å². The van der Waals surface area contributed by atoms with Crippen LogP contribution in [0.25, 0.3) is 0 Å². The SMILES string of the molecule is C1=CN=C(c2cccs2)NC=C1. The highest BCUT2D eigenvalue weighted by atomic mass is 32.1. The van der Waals surface area contributed by atoms with Crippen molar-refractivity contribution in [3.63, 3.8) is 0 Å². The van der Waals surface area contributed by atoms with Gasteiger partial charge in [-0.15, -0.1) is 11.3 Å². The lowest BCUT2D eigenvalue weighted by atomic mass is 10.4. The number of hydrogen-bond acceptors (Lipinski definition) is 3. The van der Waals surface area contributed by atoms with Crippen molar-refractivity contribution in [2.75, 3.05) is 0 Å². The lowest BCUT2D eigenvalue weighted by Crippen LogP contribution is -2.16. The number of rotatable bonds is 1. The zero-order valence-electron chi connectivity index (χ0n) is 6.40. The van der Waals surface area contributed by atoms with E-state index >= 15 is 0 Å². The van der Waals surface area contributed by atoms with E-state index in [0.29, 0.717) is 0 Å². The monoisotopic (exact) mass is 176 g/mol. The smallest absolute Gasteiger partial charge is 0.147 e. The highest BCUT2D eigenvalue weighted by molar-refractivity contribution is 7.12. The molecular formula is C9H8N2S. The van der Waals surface area contributed by atoms with Gasteiger partial charge in [-0.1, -0.05) is 6.07 Å². The van der Waals surface area contributed by atoms with Crippen LogP contribution >= 0.6 is 11.3 Å². The van der Waals surface area contributed by atoms with E-state index in [0.717, 1.165) is 10.7 Å². The number of allylic oxidation sites excluding steroid dienone is 2. The lowest BCUT2D eigenvalue weighted by Gasteiger charge is -1.99. The molecule has 0 radical (unpaired) electrons. The van der Waals surface area contributed by atoms with Crippen LogP contribution in [0.3, 0.4) is 0 Å². The van der Waals surface area contributed by atoms with Gasteiger partial charge in [-0.3, -0.25) is 0 Å². The summed E-state index contributed by atoms with van der Waals surface area (Å²) < 4.78 is 0. The molecule has 0 aromatic carbocycles. The Labute approximate surface area is 75.0 Å². The third kappa shape index (κ3) is 1.46. The van der Waals surface area contributed by atoms with E-state index in [4.69, 9.17) is 0 Å². The summed E-state index contributed by atoms with van der Waals surface area (Å²) in [5.41, 5.74) is 0. The van der Waals surface area contributed by atoms with Crippen LogP contribution in [0.15, 0.2) is 47.1 Å². The number of hydrogen-bond donors (Lipinski definition) is 1. The zero-order chi connectivity index (χ0) is 8.23. The van der Waals surface area contributed by atoms with Gasteiger partial charge in [-0.2, -0.15) is 0 Å². The Morgan fingerprint density at radius 1 is 1.33 bits per heavy atom. The third-order valence-corrected chi connectivity index (χ3v) is 2.35. The normalized spacial score (nSPS) is 15.2. The molecule has 1 aromatic rings. The van der Waals surface area contributed by atoms with Crippen LogP contribution in [-0.2, 0) is 0 Å². The molecule has 0 unspecified atom stereocenters. The van der Waals surface area contributed by atoms with E-state index in [1.807, 2.05) is 35.9 Å². The van der Waals surface area contributed by atoms with Crippen molar-refractivity contribution in [3.05, 3.63) is 46.9 Å². The third-order valence-electron chi connectivity index (χ3n) is 1.47. The minimum Gasteiger partial charge on any atom is -0.346 e. The van der Waals surface area contributed by atoms with E-state index in [-0.39, 0.29) is 0 Å². The molecule has 0 saturated heterocycles. The fourth-order valence-corrected chi connectivity index (χ4v) is 1.62. The van der Waals surface area contributed by atoms with Gasteiger partial charge in [-0.25, -0.2) is 4.99 Å². The minimum absolute atomic E-state index is 0.912. The Kier molecular flexibility index (Phi) is 2.05. The molecule has 60 valence electrons. The predicted molar refractivity (Wildman–Crippen MR) is 52.3 cm³/mol. The summed E-state index contributed by atoms with van der Waals surface area (Å²) in [5, 5.41) is 5.14. The molecule has 0 bridgehead atoms. The quantitative estimate of drug-likeness (QED) is 0.696. The van der Waals surface area contributed by atoms with Crippen molar-refractivity contribution in [1.82, 2.24) is 5.32 Å². The predicted octanol–water partition coefficient (Wildman–Crippen LogP) is 2.13. The number of amidine groups is 1. The Balaban J connectivity index is 2.30. The van der Waals surface area contributed by atoms with Crippen LogP contribution in [0.5, 0.6) is 0 Å². The van der Waals surface area contributed by atoms with E-state index < -0.39 is 0 Å². The molecular weight excluding hydrogens is 168 g/mol. The van der Waals surface area contributed by atoms with Crippen LogP contribution in [0, 0.1) is 0 Å². The highest BCUT2D eigenvalue weighted by Crippen LogP contribution is 2.09.